The minimum absolute atomic E-state index is 0.0825. The summed E-state index contributed by atoms with van der Waals surface area (Å²) in [6, 6.07) is 6.00. The van der Waals surface area contributed by atoms with Gasteiger partial charge in [0.25, 0.3) is 0 Å². The average molecular weight is 327 g/mol. The summed E-state index contributed by atoms with van der Waals surface area (Å²) >= 11 is 3.54. The van der Waals surface area contributed by atoms with Crippen molar-refractivity contribution in [2.75, 3.05) is 6.54 Å². The first-order valence-electron chi connectivity index (χ1n) is 6.57. The maximum absolute atomic E-state index is 11.8. The molecule has 1 aromatic carbocycles. The van der Waals surface area contributed by atoms with Crippen LogP contribution in [-0.4, -0.2) is 23.8 Å². The van der Waals surface area contributed by atoms with E-state index in [0.717, 1.165) is 17.3 Å². The molecule has 5 heteroatoms. The van der Waals surface area contributed by atoms with Crippen molar-refractivity contribution < 1.29 is 9.90 Å². The van der Waals surface area contributed by atoms with Gasteiger partial charge in [-0.1, -0.05) is 28.1 Å². The van der Waals surface area contributed by atoms with Crippen molar-refractivity contribution >= 4 is 22.0 Å². The van der Waals surface area contributed by atoms with Crippen molar-refractivity contribution in [3.8, 4) is 0 Å². The largest absolute Gasteiger partial charge is 0.393 e. The van der Waals surface area contributed by atoms with Crippen molar-refractivity contribution in [3.05, 3.63) is 33.8 Å². The highest BCUT2D eigenvalue weighted by molar-refractivity contribution is 9.10. The van der Waals surface area contributed by atoms with Crippen LogP contribution in [0.15, 0.2) is 22.7 Å². The molecule has 2 amide bonds. The third kappa shape index (κ3) is 3.70. The zero-order valence-corrected chi connectivity index (χ0v) is 12.5. The van der Waals surface area contributed by atoms with Crippen LogP contribution in [0.25, 0.3) is 0 Å². The van der Waals surface area contributed by atoms with Gasteiger partial charge in [0, 0.05) is 11.0 Å². The third-order valence-corrected chi connectivity index (χ3v) is 4.11. The lowest BCUT2D eigenvalue weighted by molar-refractivity contribution is 0.183. The fourth-order valence-corrected chi connectivity index (χ4v) is 2.94. The number of aliphatic hydroxyl groups is 1. The third-order valence-electron chi connectivity index (χ3n) is 3.37. The Morgan fingerprint density at radius 1 is 1.58 bits per heavy atom. The number of nitrogens with one attached hydrogen (secondary N) is 2. The quantitative estimate of drug-likeness (QED) is 0.796. The SMILES string of the molecule is CC(O)CCNC(=O)NC1CCc2c(Br)cccc21. The van der Waals surface area contributed by atoms with Crippen LogP contribution >= 0.6 is 15.9 Å². The van der Waals surface area contributed by atoms with Crippen molar-refractivity contribution in [2.45, 2.75) is 38.3 Å². The Kier molecular flexibility index (Phi) is 4.82. The lowest BCUT2D eigenvalue weighted by Gasteiger charge is -2.15. The number of hydrogen-bond acceptors (Lipinski definition) is 2. The summed E-state index contributed by atoms with van der Waals surface area (Å²) in [6.07, 6.45) is 2.10. The Bertz CT molecular complexity index is 463. The van der Waals surface area contributed by atoms with Crippen molar-refractivity contribution in [1.82, 2.24) is 10.6 Å². The Morgan fingerprint density at radius 3 is 3.11 bits per heavy atom. The van der Waals surface area contributed by atoms with E-state index in [1.807, 2.05) is 12.1 Å². The Hall–Kier alpha value is -1.07. The molecule has 2 atom stereocenters. The minimum Gasteiger partial charge on any atom is -0.393 e. The van der Waals surface area contributed by atoms with Gasteiger partial charge < -0.3 is 15.7 Å². The van der Waals surface area contributed by atoms with Gasteiger partial charge in [-0.3, -0.25) is 0 Å². The summed E-state index contributed by atoms with van der Waals surface area (Å²) in [4.78, 5) is 11.8. The molecule has 0 spiro atoms. The molecule has 0 radical (unpaired) electrons. The highest BCUT2D eigenvalue weighted by Crippen LogP contribution is 2.35. The summed E-state index contributed by atoms with van der Waals surface area (Å²) in [5, 5.41) is 14.9. The van der Waals surface area contributed by atoms with Gasteiger partial charge in [-0.2, -0.15) is 0 Å². The van der Waals surface area contributed by atoms with Crippen molar-refractivity contribution in [1.29, 1.82) is 0 Å². The molecule has 1 aromatic rings. The number of rotatable bonds is 4. The number of amides is 2. The van der Waals surface area contributed by atoms with Crippen LogP contribution in [0.3, 0.4) is 0 Å². The number of aliphatic hydroxyl groups excluding tert-OH is 1. The van der Waals surface area contributed by atoms with E-state index in [9.17, 15) is 4.79 Å². The van der Waals surface area contributed by atoms with E-state index in [-0.39, 0.29) is 18.2 Å². The standard InChI is InChI=1S/C14H19BrN2O2/c1-9(18)7-8-16-14(19)17-13-6-5-10-11(13)3-2-4-12(10)15/h2-4,9,13,18H,5-8H2,1H3,(H2,16,17,19). The van der Waals surface area contributed by atoms with Crippen LogP contribution in [0.5, 0.6) is 0 Å². The van der Waals surface area contributed by atoms with Crippen LogP contribution in [0.4, 0.5) is 4.79 Å². The Morgan fingerprint density at radius 2 is 2.37 bits per heavy atom. The predicted octanol–water partition coefficient (Wildman–Crippen LogP) is 2.51. The molecule has 4 nitrogen and oxygen atoms in total. The topological polar surface area (TPSA) is 61.4 Å². The molecule has 104 valence electrons. The molecule has 0 heterocycles. The first-order chi connectivity index (χ1) is 9.08. The number of carbonyl (C=O) groups excluding carboxylic acids is 1. The van der Waals surface area contributed by atoms with E-state index in [1.54, 1.807) is 6.92 Å². The zero-order valence-electron chi connectivity index (χ0n) is 10.9. The molecule has 0 bridgehead atoms. The number of fused-ring (bicyclic) bond motifs is 1. The van der Waals surface area contributed by atoms with E-state index >= 15 is 0 Å². The highest BCUT2D eigenvalue weighted by atomic mass is 79.9. The summed E-state index contributed by atoms with van der Waals surface area (Å²) in [6.45, 7) is 2.20. The Balaban J connectivity index is 1.89. The molecule has 2 rings (SSSR count). The molecule has 1 aliphatic carbocycles. The van der Waals surface area contributed by atoms with E-state index < -0.39 is 0 Å². The number of carbonyl (C=O) groups is 1. The van der Waals surface area contributed by atoms with Gasteiger partial charge in [-0.15, -0.1) is 0 Å². The van der Waals surface area contributed by atoms with Crippen LogP contribution in [-0.2, 0) is 6.42 Å². The minimum atomic E-state index is -0.386. The first kappa shape index (κ1) is 14.3. The van der Waals surface area contributed by atoms with Gasteiger partial charge >= 0.3 is 6.03 Å². The fourth-order valence-electron chi connectivity index (χ4n) is 2.36. The number of halogens is 1. The molecular weight excluding hydrogens is 308 g/mol. The smallest absolute Gasteiger partial charge is 0.315 e. The summed E-state index contributed by atoms with van der Waals surface area (Å²) in [7, 11) is 0. The lowest BCUT2D eigenvalue weighted by Crippen LogP contribution is -2.38. The number of urea groups is 1. The fraction of sp³-hybridized carbons (Fsp3) is 0.500. The summed E-state index contributed by atoms with van der Waals surface area (Å²) in [5.41, 5.74) is 2.48. The molecule has 0 saturated heterocycles. The van der Waals surface area contributed by atoms with Gasteiger partial charge in [0.2, 0.25) is 0 Å². The molecule has 1 aliphatic rings. The van der Waals surface area contributed by atoms with Crippen LogP contribution in [0, 0.1) is 0 Å². The van der Waals surface area contributed by atoms with Gasteiger partial charge in [0.1, 0.15) is 0 Å². The summed E-state index contributed by atoms with van der Waals surface area (Å²) < 4.78 is 1.11. The molecule has 3 N–H and O–H groups in total. The maximum atomic E-state index is 11.8. The number of hydrogen-bond donors (Lipinski definition) is 3. The normalized spacial score (nSPS) is 18.8. The van der Waals surface area contributed by atoms with Crippen LogP contribution in [0.1, 0.15) is 36.9 Å². The second kappa shape index (κ2) is 6.39. The lowest BCUT2D eigenvalue weighted by atomic mass is 10.1. The van der Waals surface area contributed by atoms with E-state index in [1.165, 1.54) is 11.1 Å². The molecule has 0 aliphatic heterocycles. The van der Waals surface area contributed by atoms with Crippen LogP contribution in [0.2, 0.25) is 0 Å². The van der Waals surface area contributed by atoms with Gasteiger partial charge in [0.05, 0.1) is 12.1 Å². The second-order valence-electron chi connectivity index (χ2n) is 4.94. The first-order valence-corrected chi connectivity index (χ1v) is 7.37. The average Bonchev–Trinajstić information content (AvgIpc) is 2.73. The highest BCUT2D eigenvalue weighted by Gasteiger charge is 2.25. The Labute approximate surface area is 121 Å². The van der Waals surface area contributed by atoms with Crippen LogP contribution < -0.4 is 10.6 Å². The van der Waals surface area contributed by atoms with Gasteiger partial charge in [0.15, 0.2) is 0 Å². The monoisotopic (exact) mass is 326 g/mol. The maximum Gasteiger partial charge on any atom is 0.315 e. The molecule has 0 fully saturated rings. The molecule has 19 heavy (non-hydrogen) atoms. The van der Waals surface area contributed by atoms with E-state index in [2.05, 4.69) is 32.6 Å². The number of benzene rings is 1. The molecular formula is C14H19BrN2O2. The van der Waals surface area contributed by atoms with E-state index in [4.69, 9.17) is 5.11 Å². The van der Waals surface area contributed by atoms with Crippen molar-refractivity contribution in [2.24, 2.45) is 0 Å². The predicted molar refractivity (Wildman–Crippen MR) is 78.0 cm³/mol. The second-order valence-corrected chi connectivity index (χ2v) is 5.79. The molecule has 2 unspecified atom stereocenters. The van der Waals surface area contributed by atoms with Gasteiger partial charge in [-0.05, 0) is 43.4 Å². The summed E-state index contributed by atoms with van der Waals surface area (Å²) in [5.74, 6) is 0. The van der Waals surface area contributed by atoms with E-state index in [0.29, 0.717) is 13.0 Å². The van der Waals surface area contributed by atoms with Gasteiger partial charge in [-0.25, -0.2) is 4.79 Å². The van der Waals surface area contributed by atoms with Crippen molar-refractivity contribution in [3.63, 3.8) is 0 Å². The zero-order chi connectivity index (χ0) is 13.8. The molecule has 0 saturated carbocycles. The molecule has 0 aromatic heterocycles.